The molecule has 1 fully saturated rings. The highest BCUT2D eigenvalue weighted by Gasteiger charge is 2.32. The van der Waals surface area contributed by atoms with Crippen molar-refractivity contribution in [3.05, 3.63) is 58.1 Å². The number of halogens is 2. The van der Waals surface area contributed by atoms with E-state index in [-0.39, 0.29) is 17.5 Å². The van der Waals surface area contributed by atoms with Crippen LogP contribution in [0.3, 0.4) is 0 Å². The third-order valence-electron chi connectivity index (χ3n) is 3.65. The predicted molar refractivity (Wildman–Crippen MR) is 77.9 cm³/mol. The fourth-order valence-electron chi connectivity index (χ4n) is 2.70. The molecule has 0 spiro atoms. The van der Waals surface area contributed by atoms with Gasteiger partial charge in [-0.05, 0) is 43.2 Å². The van der Waals surface area contributed by atoms with Gasteiger partial charge in [-0.1, -0.05) is 15.9 Å². The molecule has 0 aliphatic carbocycles. The second kappa shape index (κ2) is 5.40. The molecule has 5 heteroatoms. The highest BCUT2D eigenvalue weighted by Crippen LogP contribution is 2.32. The van der Waals surface area contributed by atoms with Gasteiger partial charge in [-0.25, -0.2) is 4.39 Å². The summed E-state index contributed by atoms with van der Waals surface area (Å²) in [7, 11) is 0. The van der Waals surface area contributed by atoms with Crippen molar-refractivity contribution in [3.63, 3.8) is 0 Å². The Hall–Kier alpha value is -1.62. The minimum atomic E-state index is -0.477. The number of carbonyl (C=O) groups is 1. The second-order valence-electron chi connectivity index (χ2n) is 4.91. The van der Waals surface area contributed by atoms with Crippen LogP contribution in [-0.4, -0.2) is 22.3 Å². The summed E-state index contributed by atoms with van der Waals surface area (Å²) in [5.41, 5.74) is 1.13. The van der Waals surface area contributed by atoms with Crippen molar-refractivity contribution in [2.24, 2.45) is 0 Å². The largest absolute Gasteiger partial charge is 0.363 e. The maximum atomic E-state index is 13.9. The molecule has 0 bridgehead atoms. The SMILES string of the molecule is O=C(c1cc(Br)ccc1F)N1CCC[C@H]1c1ccc[nH]1. The number of carbonyl (C=O) groups excluding carboxylic acids is 1. The molecule has 3 nitrogen and oxygen atoms in total. The highest BCUT2D eigenvalue weighted by atomic mass is 79.9. The zero-order chi connectivity index (χ0) is 14.1. The molecule has 0 saturated carbocycles. The molecule has 1 amide bonds. The first-order chi connectivity index (χ1) is 9.66. The number of likely N-dealkylation sites (tertiary alicyclic amines) is 1. The number of benzene rings is 1. The standard InChI is InChI=1S/C15H14BrFN2O/c16-10-5-6-12(17)11(9-10)15(20)19-8-2-4-14(19)13-3-1-7-18-13/h1,3,5-7,9,14,18H,2,4,8H2/t14-/m0/s1. The maximum Gasteiger partial charge on any atom is 0.257 e. The van der Waals surface area contributed by atoms with Gasteiger partial charge in [-0.15, -0.1) is 0 Å². The molecule has 1 atom stereocenters. The van der Waals surface area contributed by atoms with Crippen LogP contribution >= 0.6 is 15.9 Å². The fraction of sp³-hybridized carbons (Fsp3) is 0.267. The van der Waals surface area contributed by atoms with Crippen LogP contribution in [0, 0.1) is 5.82 Å². The maximum absolute atomic E-state index is 13.9. The van der Waals surface area contributed by atoms with Gasteiger partial charge < -0.3 is 9.88 Å². The Kier molecular flexibility index (Phi) is 3.61. The number of aromatic nitrogens is 1. The lowest BCUT2D eigenvalue weighted by molar-refractivity contribution is 0.0728. The van der Waals surface area contributed by atoms with Crippen molar-refractivity contribution in [2.75, 3.05) is 6.54 Å². The molecule has 20 heavy (non-hydrogen) atoms. The summed E-state index contributed by atoms with van der Waals surface area (Å²) >= 11 is 3.28. The topological polar surface area (TPSA) is 36.1 Å². The first-order valence-electron chi connectivity index (χ1n) is 6.56. The number of hydrogen-bond donors (Lipinski definition) is 1. The number of aromatic amines is 1. The van der Waals surface area contributed by atoms with E-state index in [4.69, 9.17) is 0 Å². The summed E-state index contributed by atoms with van der Waals surface area (Å²) in [6.07, 6.45) is 3.68. The van der Waals surface area contributed by atoms with Gasteiger partial charge in [0.05, 0.1) is 11.6 Å². The Morgan fingerprint density at radius 3 is 3.00 bits per heavy atom. The van der Waals surface area contributed by atoms with E-state index in [1.807, 2.05) is 18.3 Å². The zero-order valence-electron chi connectivity index (χ0n) is 10.8. The summed E-state index contributed by atoms with van der Waals surface area (Å²) in [4.78, 5) is 17.5. The Morgan fingerprint density at radius 1 is 1.40 bits per heavy atom. The van der Waals surface area contributed by atoms with E-state index in [0.717, 1.165) is 18.5 Å². The lowest BCUT2D eigenvalue weighted by Gasteiger charge is -2.24. The summed E-state index contributed by atoms with van der Waals surface area (Å²) in [6, 6.07) is 8.34. The minimum Gasteiger partial charge on any atom is -0.363 e. The van der Waals surface area contributed by atoms with E-state index in [2.05, 4.69) is 20.9 Å². The van der Waals surface area contributed by atoms with Crippen molar-refractivity contribution in [3.8, 4) is 0 Å². The summed E-state index contributed by atoms with van der Waals surface area (Å²) in [6.45, 7) is 0.661. The van der Waals surface area contributed by atoms with Gasteiger partial charge in [-0.3, -0.25) is 4.79 Å². The fourth-order valence-corrected chi connectivity index (χ4v) is 3.06. The molecule has 1 N–H and O–H groups in total. The van der Waals surface area contributed by atoms with Gasteiger partial charge in [-0.2, -0.15) is 0 Å². The number of hydrogen-bond acceptors (Lipinski definition) is 1. The minimum absolute atomic E-state index is 0.0101. The van der Waals surface area contributed by atoms with Crippen LogP contribution < -0.4 is 0 Å². The second-order valence-corrected chi connectivity index (χ2v) is 5.82. The smallest absolute Gasteiger partial charge is 0.257 e. The molecular formula is C15H14BrFN2O. The monoisotopic (exact) mass is 336 g/mol. The van der Waals surface area contributed by atoms with E-state index in [9.17, 15) is 9.18 Å². The first kappa shape index (κ1) is 13.4. The third-order valence-corrected chi connectivity index (χ3v) is 4.15. The molecule has 1 aliphatic rings. The molecule has 2 aromatic rings. The molecular weight excluding hydrogens is 323 g/mol. The van der Waals surface area contributed by atoms with Crippen LogP contribution in [0.5, 0.6) is 0 Å². The number of nitrogens with zero attached hydrogens (tertiary/aromatic N) is 1. The van der Waals surface area contributed by atoms with E-state index in [0.29, 0.717) is 11.0 Å². The van der Waals surface area contributed by atoms with Gasteiger partial charge in [0.1, 0.15) is 5.82 Å². The van der Waals surface area contributed by atoms with Crippen LogP contribution in [0.1, 0.15) is 34.9 Å². The molecule has 1 aromatic carbocycles. The Labute approximate surface area is 124 Å². The zero-order valence-corrected chi connectivity index (χ0v) is 12.4. The summed E-state index contributed by atoms with van der Waals surface area (Å²) in [5.74, 6) is -0.726. The van der Waals surface area contributed by atoms with E-state index in [1.54, 1.807) is 17.0 Å². The Bertz CT molecular complexity index is 627. The van der Waals surface area contributed by atoms with Gasteiger partial charge in [0.15, 0.2) is 0 Å². The molecule has 104 valence electrons. The lowest BCUT2D eigenvalue weighted by Crippen LogP contribution is -2.31. The Balaban J connectivity index is 1.91. The number of rotatable bonds is 2. The van der Waals surface area contributed by atoms with Crippen molar-refractivity contribution < 1.29 is 9.18 Å². The van der Waals surface area contributed by atoms with E-state index < -0.39 is 5.82 Å². The van der Waals surface area contributed by atoms with Crippen LogP contribution in [0.2, 0.25) is 0 Å². The molecule has 3 rings (SSSR count). The Morgan fingerprint density at radius 2 is 2.25 bits per heavy atom. The number of amides is 1. The molecule has 1 aliphatic heterocycles. The quantitative estimate of drug-likeness (QED) is 0.887. The average molecular weight is 337 g/mol. The predicted octanol–water partition coefficient (Wildman–Crippen LogP) is 3.89. The summed E-state index contributed by atoms with van der Waals surface area (Å²) in [5, 5.41) is 0. The van der Waals surface area contributed by atoms with Crippen LogP contribution in [0.4, 0.5) is 4.39 Å². The van der Waals surface area contributed by atoms with Crippen LogP contribution in [0.25, 0.3) is 0 Å². The van der Waals surface area contributed by atoms with Crippen molar-refractivity contribution >= 4 is 21.8 Å². The van der Waals surface area contributed by atoms with Gasteiger partial charge in [0.2, 0.25) is 0 Å². The lowest BCUT2D eigenvalue weighted by atomic mass is 10.1. The normalized spacial score (nSPS) is 18.5. The van der Waals surface area contributed by atoms with Crippen molar-refractivity contribution in [1.29, 1.82) is 0 Å². The average Bonchev–Trinajstić information content (AvgIpc) is 3.10. The van der Waals surface area contributed by atoms with Crippen molar-refractivity contribution in [2.45, 2.75) is 18.9 Å². The van der Waals surface area contributed by atoms with E-state index >= 15 is 0 Å². The molecule has 1 saturated heterocycles. The van der Waals surface area contributed by atoms with Crippen molar-refractivity contribution in [1.82, 2.24) is 9.88 Å². The summed E-state index contributed by atoms with van der Waals surface area (Å²) < 4.78 is 14.6. The van der Waals surface area contributed by atoms with E-state index in [1.165, 1.54) is 6.07 Å². The molecule has 1 aromatic heterocycles. The van der Waals surface area contributed by atoms with Crippen LogP contribution in [0.15, 0.2) is 41.0 Å². The molecule has 0 unspecified atom stereocenters. The first-order valence-corrected chi connectivity index (χ1v) is 7.35. The number of nitrogens with one attached hydrogen (secondary N) is 1. The van der Waals surface area contributed by atoms with Crippen LogP contribution in [-0.2, 0) is 0 Å². The molecule has 2 heterocycles. The third kappa shape index (κ3) is 2.38. The highest BCUT2D eigenvalue weighted by molar-refractivity contribution is 9.10. The van der Waals surface area contributed by atoms with Gasteiger partial charge >= 0.3 is 0 Å². The number of H-pyrrole nitrogens is 1. The van der Waals surface area contributed by atoms with Gasteiger partial charge in [0.25, 0.3) is 5.91 Å². The van der Waals surface area contributed by atoms with Gasteiger partial charge in [0, 0.05) is 22.9 Å². The molecule has 0 radical (unpaired) electrons.